The standard InChI is InChI=1S/C13H17BrO5S/c1-10(13(15)18-2)9-20(16,17)8-7-19-12-5-3-11(14)4-6-12/h3-6,10H,7-9H2,1-2H3. The van der Waals surface area contributed by atoms with Gasteiger partial charge >= 0.3 is 5.97 Å². The molecule has 0 spiro atoms. The molecule has 0 aromatic heterocycles. The molecule has 0 aliphatic heterocycles. The number of hydrogen-bond donors (Lipinski definition) is 0. The van der Waals surface area contributed by atoms with E-state index in [1.54, 1.807) is 12.1 Å². The number of sulfone groups is 1. The molecule has 0 fully saturated rings. The lowest BCUT2D eigenvalue weighted by atomic mass is 10.2. The van der Waals surface area contributed by atoms with E-state index in [-0.39, 0.29) is 18.1 Å². The molecule has 1 aromatic carbocycles. The number of ether oxygens (including phenoxy) is 2. The third kappa shape index (κ3) is 5.92. The zero-order chi connectivity index (χ0) is 15.2. The van der Waals surface area contributed by atoms with Crippen LogP contribution in [0, 0.1) is 5.92 Å². The van der Waals surface area contributed by atoms with Gasteiger partial charge in [0.25, 0.3) is 0 Å². The van der Waals surface area contributed by atoms with E-state index in [9.17, 15) is 13.2 Å². The zero-order valence-corrected chi connectivity index (χ0v) is 13.7. The van der Waals surface area contributed by atoms with Gasteiger partial charge in [0, 0.05) is 4.47 Å². The van der Waals surface area contributed by atoms with Gasteiger partial charge < -0.3 is 9.47 Å². The lowest BCUT2D eigenvalue weighted by Gasteiger charge is -2.10. The van der Waals surface area contributed by atoms with E-state index in [1.165, 1.54) is 14.0 Å². The number of methoxy groups -OCH3 is 1. The Labute approximate surface area is 127 Å². The second-order valence-electron chi connectivity index (χ2n) is 4.34. The van der Waals surface area contributed by atoms with E-state index >= 15 is 0 Å². The van der Waals surface area contributed by atoms with Crippen molar-refractivity contribution in [3.8, 4) is 5.75 Å². The monoisotopic (exact) mass is 364 g/mol. The molecule has 0 radical (unpaired) electrons. The number of carbonyl (C=O) groups is 1. The molecule has 0 heterocycles. The van der Waals surface area contributed by atoms with Crippen LogP contribution < -0.4 is 4.74 Å². The van der Waals surface area contributed by atoms with E-state index in [0.717, 1.165) is 4.47 Å². The van der Waals surface area contributed by atoms with Gasteiger partial charge in [-0.2, -0.15) is 0 Å². The largest absolute Gasteiger partial charge is 0.493 e. The third-order valence-corrected chi connectivity index (χ3v) is 4.91. The van der Waals surface area contributed by atoms with Crippen molar-refractivity contribution in [2.45, 2.75) is 6.92 Å². The number of esters is 1. The average molecular weight is 365 g/mol. The summed E-state index contributed by atoms with van der Waals surface area (Å²) >= 11 is 3.30. The second-order valence-corrected chi connectivity index (χ2v) is 7.49. The van der Waals surface area contributed by atoms with Crippen molar-refractivity contribution in [2.75, 3.05) is 25.2 Å². The van der Waals surface area contributed by atoms with Gasteiger partial charge in [-0.15, -0.1) is 0 Å². The molecule has 1 rings (SSSR count). The van der Waals surface area contributed by atoms with Crippen LogP contribution in [0.15, 0.2) is 28.7 Å². The predicted molar refractivity (Wildman–Crippen MR) is 79.5 cm³/mol. The molecule has 0 bridgehead atoms. The summed E-state index contributed by atoms with van der Waals surface area (Å²) in [6, 6.07) is 7.11. The van der Waals surface area contributed by atoms with Crippen LogP contribution in [-0.4, -0.2) is 39.6 Å². The van der Waals surface area contributed by atoms with E-state index in [0.29, 0.717) is 5.75 Å². The summed E-state index contributed by atoms with van der Waals surface area (Å²) in [5, 5.41) is 0. The minimum atomic E-state index is -3.35. The molecule has 20 heavy (non-hydrogen) atoms. The summed E-state index contributed by atoms with van der Waals surface area (Å²) in [6.07, 6.45) is 0. The van der Waals surface area contributed by atoms with Gasteiger partial charge in [0.05, 0.1) is 24.5 Å². The SMILES string of the molecule is COC(=O)C(C)CS(=O)(=O)CCOc1ccc(Br)cc1. The Morgan fingerprint density at radius 2 is 1.90 bits per heavy atom. The highest BCUT2D eigenvalue weighted by Crippen LogP contribution is 2.16. The molecular weight excluding hydrogens is 348 g/mol. The minimum absolute atomic E-state index is 0.0534. The Kier molecular flexibility index (Phi) is 6.48. The molecule has 7 heteroatoms. The van der Waals surface area contributed by atoms with Crippen molar-refractivity contribution in [2.24, 2.45) is 5.92 Å². The van der Waals surface area contributed by atoms with Crippen LogP contribution >= 0.6 is 15.9 Å². The van der Waals surface area contributed by atoms with Crippen LogP contribution in [0.1, 0.15) is 6.92 Å². The number of halogens is 1. The number of carbonyl (C=O) groups excluding carboxylic acids is 1. The molecule has 0 saturated carbocycles. The average Bonchev–Trinajstić information content (AvgIpc) is 2.39. The van der Waals surface area contributed by atoms with Gasteiger partial charge in [-0.1, -0.05) is 22.9 Å². The molecule has 5 nitrogen and oxygen atoms in total. The second kappa shape index (κ2) is 7.64. The summed E-state index contributed by atoms with van der Waals surface area (Å²) in [7, 11) is -2.11. The summed E-state index contributed by atoms with van der Waals surface area (Å²) in [6.45, 7) is 1.58. The molecule has 1 unspecified atom stereocenters. The first-order valence-electron chi connectivity index (χ1n) is 6.00. The van der Waals surface area contributed by atoms with Crippen LogP contribution in [0.4, 0.5) is 0 Å². The Morgan fingerprint density at radius 1 is 1.30 bits per heavy atom. The fourth-order valence-corrected chi connectivity index (χ4v) is 3.22. The van der Waals surface area contributed by atoms with Crippen LogP contribution in [0.3, 0.4) is 0 Å². The minimum Gasteiger partial charge on any atom is -0.493 e. The van der Waals surface area contributed by atoms with E-state index in [2.05, 4.69) is 20.7 Å². The van der Waals surface area contributed by atoms with E-state index < -0.39 is 21.7 Å². The topological polar surface area (TPSA) is 69.7 Å². The summed E-state index contributed by atoms with van der Waals surface area (Å²) in [5.41, 5.74) is 0. The molecule has 0 saturated heterocycles. The summed E-state index contributed by atoms with van der Waals surface area (Å²) in [4.78, 5) is 11.2. The number of rotatable bonds is 7. The first-order chi connectivity index (χ1) is 9.34. The lowest BCUT2D eigenvalue weighted by molar-refractivity contribution is -0.144. The van der Waals surface area contributed by atoms with E-state index in [1.807, 2.05) is 12.1 Å². The Hall–Kier alpha value is -1.08. The molecule has 1 aromatic rings. The van der Waals surface area contributed by atoms with Crippen molar-refractivity contribution >= 4 is 31.7 Å². The van der Waals surface area contributed by atoms with Gasteiger partial charge in [-0.05, 0) is 24.3 Å². The van der Waals surface area contributed by atoms with Crippen molar-refractivity contribution < 1.29 is 22.7 Å². The van der Waals surface area contributed by atoms with Crippen molar-refractivity contribution in [3.63, 3.8) is 0 Å². The quantitative estimate of drug-likeness (QED) is 0.692. The molecular formula is C13H17BrO5S. The van der Waals surface area contributed by atoms with Gasteiger partial charge in [0.15, 0.2) is 9.84 Å². The molecule has 0 amide bonds. The van der Waals surface area contributed by atoms with Crippen LogP contribution in [0.2, 0.25) is 0 Å². The van der Waals surface area contributed by atoms with Gasteiger partial charge in [-0.25, -0.2) is 8.42 Å². The maximum Gasteiger partial charge on any atom is 0.309 e. The van der Waals surface area contributed by atoms with Crippen LogP contribution in [0.5, 0.6) is 5.75 Å². The Balaban J connectivity index is 2.43. The summed E-state index contributed by atoms with van der Waals surface area (Å²) < 4.78 is 34.4. The highest BCUT2D eigenvalue weighted by molar-refractivity contribution is 9.10. The number of benzene rings is 1. The molecule has 0 aliphatic carbocycles. The number of hydrogen-bond acceptors (Lipinski definition) is 5. The van der Waals surface area contributed by atoms with Gasteiger partial charge in [-0.3, -0.25) is 4.79 Å². The highest BCUT2D eigenvalue weighted by Gasteiger charge is 2.22. The molecule has 112 valence electrons. The van der Waals surface area contributed by atoms with Crippen LogP contribution in [-0.2, 0) is 19.4 Å². The fourth-order valence-electron chi connectivity index (χ4n) is 1.55. The Bertz CT molecular complexity index is 538. The van der Waals surface area contributed by atoms with Crippen molar-refractivity contribution in [3.05, 3.63) is 28.7 Å². The maximum absolute atomic E-state index is 11.8. The normalized spacial score (nSPS) is 12.8. The zero-order valence-electron chi connectivity index (χ0n) is 11.3. The van der Waals surface area contributed by atoms with Gasteiger partial charge in [0.1, 0.15) is 12.4 Å². The molecule has 1 atom stereocenters. The maximum atomic E-state index is 11.8. The fraction of sp³-hybridized carbons (Fsp3) is 0.462. The lowest BCUT2D eigenvalue weighted by Crippen LogP contribution is -2.26. The first-order valence-corrected chi connectivity index (χ1v) is 8.62. The third-order valence-electron chi connectivity index (χ3n) is 2.58. The first kappa shape index (κ1) is 17.0. The highest BCUT2D eigenvalue weighted by atomic mass is 79.9. The van der Waals surface area contributed by atoms with Gasteiger partial charge in [0.2, 0.25) is 0 Å². The Morgan fingerprint density at radius 3 is 2.45 bits per heavy atom. The smallest absolute Gasteiger partial charge is 0.309 e. The van der Waals surface area contributed by atoms with E-state index in [4.69, 9.17) is 4.74 Å². The predicted octanol–water partition coefficient (Wildman–Crippen LogP) is 2.05. The van der Waals surface area contributed by atoms with Crippen LogP contribution in [0.25, 0.3) is 0 Å². The van der Waals surface area contributed by atoms with Crippen molar-refractivity contribution in [1.29, 1.82) is 0 Å². The molecule has 0 aliphatic rings. The summed E-state index contributed by atoms with van der Waals surface area (Å²) in [5.74, 6) is -0.960. The van der Waals surface area contributed by atoms with Crippen molar-refractivity contribution in [1.82, 2.24) is 0 Å². The molecule has 0 N–H and O–H groups in total.